The Kier molecular flexibility index (Phi) is 6.28. The summed E-state index contributed by atoms with van der Waals surface area (Å²) < 4.78 is 5.71. The van der Waals surface area contributed by atoms with E-state index in [0.29, 0.717) is 5.92 Å². The van der Waals surface area contributed by atoms with Crippen molar-refractivity contribution >= 4 is 0 Å². The van der Waals surface area contributed by atoms with Crippen molar-refractivity contribution in [1.29, 1.82) is 0 Å². The Labute approximate surface area is 127 Å². The molecule has 0 atom stereocenters. The number of H-pyrrole nitrogens is 1. The smallest absolute Gasteiger partial charge is 0.119 e. The predicted octanol–water partition coefficient (Wildman–Crippen LogP) is 3.17. The van der Waals surface area contributed by atoms with E-state index in [4.69, 9.17) is 4.74 Å². The van der Waals surface area contributed by atoms with Crippen molar-refractivity contribution in [3.05, 3.63) is 48.0 Å². The highest BCUT2D eigenvalue weighted by Crippen LogP contribution is 2.13. The second-order valence-electron chi connectivity index (χ2n) is 5.64. The Balaban J connectivity index is 1.65. The van der Waals surface area contributed by atoms with Gasteiger partial charge in [0.25, 0.3) is 0 Å². The Morgan fingerprint density at radius 3 is 2.71 bits per heavy atom. The number of hydrogen-bond acceptors (Lipinski definition) is 3. The number of imidazole rings is 1. The molecule has 0 fully saturated rings. The first-order valence-corrected chi connectivity index (χ1v) is 7.65. The third kappa shape index (κ3) is 6.00. The average Bonchev–Trinajstić information content (AvgIpc) is 2.98. The second kappa shape index (κ2) is 8.47. The van der Waals surface area contributed by atoms with Crippen LogP contribution in [-0.2, 0) is 13.0 Å². The summed E-state index contributed by atoms with van der Waals surface area (Å²) in [6.07, 6.45) is 5.65. The van der Waals surface area contributed by atoms with Gasteiger partial charge in [-0.1, -0.05) is 26.0 Å². The molecule has 1 aromatic carbocycles. The molecule has 0 spiro atoms. The summed E-state index contributed by atoms with van der Waals surface area (Å²) in [5.41, 5.74) is 1.27. The van der Waals surface area contributed by atoms with E-state index in [9.17, 15) is 0 Å². The molecule has 2 rings (SSSR count). The number of ether oxygens (including phenoxy) is 1. The quantitative estimate of drug-likeness (QED) is 0.697. The van der Waals surface area contributed by atoms with Gasteiger partial charge in [-0.2, -0.15) is 0 Å². The van der Waals surface area contributed by atoms with Gasteiger partial charge in [0.1, 0.15) is 11.6 Å². The number of aromatic nitrogens is 2. The van der Waals surface area contributed by atoms with Crippen LogP contribution >= 0.6 is 0 Å². The lowest BCUT2D eigenvalue weighted by Crippen LogP contribution is -2.17. The van der Waals surface area contributed by atoms with Crippen LogP contribution in [0, 0.1) is 5.92 Å². The van der Waals surface area contributed by atoms with E-state index in [1.54, 1.807) is 6.20 Å². The molecule has 114 valence electrons. The van der Waals surface area contributed by atoms with Crippen LogP contribution < -0.4 is 10.1 Å². The molecule has 0 saturated heterocycles. The van der Waals surface area contributed by atoms with Crippen molar-refractivity contribution in [3.63, 3.8) is 0 Å². The van der Waals surface area contributed by atoms with Crippen LogP contribution in [0.25, 0.3) is 0 Å². The van der Waals surface area contributed by atoms with Gasteiger partial charge in [-0.3, -0.25) is 0 Å². The third-order valence-corrected chi connectivity index (χ3v) is 3.31. The van der Waals surface area contributed by atoms with Crippen molar-refractivity contribution in [1.82, 2.24) is 15.3 Å². The standard InChI is InChI=1S/C17H25N3O/c1-14(2)8-12-21-16-5-3-15(4-6-16)13-18-9-7-17-19-10-11-20-17/h3-6,10-11,14,18H,7-9,12-13H2,1-2H3,(H,19,20). The molecule has 2 N–H and O–H groups in total. The molecule has 4 heteroatoms. The molecule has 0 aliphatic carbocycles. The van der Waals surface area contributed by atoms with E-state index in [-0.39, 0.29) is 0 Å². The maximum atomic E-state index is 5.71. The molecule has 0 saturated carbocycles. The number of nitrogens with zero attached hydrogens (tertiary/aromatic N) is 1. The highest BCUT2D eigenvalue weighted by molar-refractivity contribution is 5.27. The monoisotopic (exact) mass is 287 g/mol. The molecule has 0 unspecified atom stereocenters. The van der Waals surface area contributed by atoms with Gasteiger partial charge >= 0.3 is 0 Å². The van der Waals surface area contributed by atoms with Crippen molar-refractivity contribution in [2.45, 2.75) is 33.2 Å². The first-order chi connectivity index (χ1) is 10.2. The predicted molar refractivity (Wildman–Crippen MR) is 85.4 cm³/mol. The molecule has 1 aromatic heterocycles. The average molecular weight is 287 g/mol. The molecule has 0 aliphatic rings. The van der Waals surface area contributed by atoms with E-state index in [0.717, 1.165) is 44.1 Å². The molecule has 0 bridgehead atoms. The Morgan fingerprint density at radius 2 is 2.05 bits per heavy atom. The van der Waals surface area contributed by atoms with Gasteiger partial charge in [0.15, 0.2) is 0 Å². The highest BCUT2D eigenvalue weighted by atomic mass is 16.5. The molecule has 0 radical (unpaired) electrons. The number of benzene rings is 1. The molecular formula is C17H25N3O. The fourth-order valence-corrected chi connectivity index (χ4v) is 1.99. The largest absolute Gasteiger partial charge is 0.494 e. The second-order valence-corrected chi connectivity index (χ2v) is 5.64. The van der Waals surface area contributed by atoms with Crippen LogP contribution in [0.15, 0.2) is 36.7 Å². The van der Waals surface area contributed by atoms with Gasteiger partial charge in [0.2, 0.25) is 0 Å². The van der Waals surface area contributed by atoms with Crippen molar-refractivity contribution < 1.29 is 4.74 Å². The maximum Gasteiger partial charge on any atom is 0.119 e. The van der Waals surface area contributed by atoms with Crippen molar-refractivity contribution in [2.75, 3.05) is 13.2 Å². The zero-order valence-corrected chi connectivity index (χ0v) is 12.9. The summed E-state index contributed by atoms with van der Waals surface area (Å²) in [6.45, 7) is 6.99. The summed E-state index contributed by atoms with van der Waals surface area (Å²) in [6, 6.07) is 8.32. The van der Waals surface area contributed by atoms with Gasteiger partial charge < -0.3 is 15.0 Å². The van der Waals surface area contributed by atoms with Gasteiger partial charge in [0, 0.05) is 31.9 Å². The molecule has 4 nitrogen and oxygen atoms in total. The normalized spacial score (nSPS) is 11.0. The third-order valence-electron chi connectivity index (χ3n) is 3.31. The summed E-state index contributed by atoms with van der Waals surface area (Å²) in [5, 5.41) is 3.42. The summed E-state index contributed by atoms with van der Waals surface area (Å²) >= 11 is 0. The minimum atomic E-state index is 0.683. The minimum absolute atomic E-state index is 0.683. The van der Waals surface area contributed by atoms with Gasteiger partial charge in [-0.05, 0) is 30.0 Å². The van der Waals surface area contributed by atoms with E-state index in [2.05, 4.69) is 41.3 Å². The van der Waals surface area contributed by atoms with Gasteiger partial charge in [-0.25, -0.2) is 4.98 Å². The van der Waals surface area contributed by atoms with Crippen LogP contribution in [0.2, 0.25) is 0 Å². The summed E-state index contributed by atoms with van der Waals surface area (Å²) in [4.78, 5) is 7.30. The maximum absolute atomic E-state index is 5.71. The van der Waals surface area contributed by atoms with Crippen LogP contribution in [0.3, 0.4) is 0 Å². The van der Waals surface area contributed by atoms with Crippen LogP contribution in [0.5, 0.6) is 5.75 Å². The fraction of sp³-hybridized carbons (Fsp3) is 0.471. The zero-order chi connectivity index (χ0) is 14.9. The first-order valence-electron chi connectivity index (χ1n) is 7.65. The van der Waals surface area contributed by atoms with Gasteiger partial charge in [-0.15, -0.1) is 0 Å². The summed E-state index contributed by atoms with van der Waals surface area (Å²) in [7, 11) is 0. The SMILES string of the molecule is CC(C)CCOc1ccc(CNCCc2ncc[nH]2)cc1. The van der Waals surface area contributed by atoms with E-state index >= 15 is 0 Å². The first kappa shape index (κ1) is 15.6. The Hall–Kier alpha value is -1.81. The van der Waals surface area contributed by atoms with E-state index in [1.165, 1.54) is 5.56 Å². The lowest BCUT2D eigenvalue weighted by atomic mass is 10.1. The van der Waals surface area contributed by atoms with Crippen molar-refractivity contribution in [3.8, 4) is 5.75 Å². The number of rotatable bonds is 9. The van der Waals surface area contributed by atoms with E-state index < -0.39 is 0 Å². The molecule has 0 amide bonds. The highest BCUT2D eigenvalue weighted by Gasteiger charge is 1.98. The van der Waals surface area contributed by atoms with E-state index in [1.807, 2.05) is 18.3 Å². The zero-order valence-electron chi connectivity index (χ0n) is 12.9. The summed E-state index contributed by atoms with van der Waals surface area (Å²) in [5.74, 6) is 2.66. The molecule has 21 heavy (non-hydrogen) atoms. The Bertz CT molecular complexity index is 491. The Morgan fingerprint density at radius 1 is 1.24 bits per heavy atom. The topological polar surface area (TPSA) is 49.9 Å². The van der Waals surface area contributed by atoms with Crippen LogP contribution in [-0.4, -0.2) is 23.1 Å². The van der Waals surface area contributed by atoms with Crippen LogP contribution in [0.1, 0.15) is 31.7 Å². The minimum Gasteiger partial charge on any atom is -0.494 e. The number of aromatic amines is 1. The number of hydrogen-bond donors (Lipinski definition) is 2. The van der Waals surface area contributed by atoms with Crippen LogP contribution in [0.4, 0.5) is 0 Å². The molecule has 1 heterocycles. The lowest BCUT2D eigenvalue weighted by Gasteiger charge is -2.09. The van der Waals surface area contributed by atoms with Gasteiger partial charge in [0.05, 0.1) is 6.61 Å². The molecule has 2 aromatic rings. The lowest BCUT2D eigenvalue weighted by molar-refractivity contribution is 0.289. The van der Waals surface area contributed by atoms with Crippen molar-refractivity contribution in [2.24, 2.45) is 5.92 Å². The molecule has 0 aliphatic heterocycles. The fourth-order valence-electron chi connectivity index (χ4n) is 1.99. The molecular weight excluding hydrogens is 262 g/mol. The number of nitrogens with one attached hydrogen (secondary N) is 2.